The summed E-state index contributed by atoms with van der Waals surface area (Å²) in [6.45, 7) is 4.87. The Balaban J connectivity index is 1.73. The summed E-state index contributed by atoms with van der Waals surface area (Å²) in [5.74, 6) is -0.258. The molecule has 1 aliphatic rings. The average Bonchev–Trinajstić information content (AvgIpc) is 2.87. The monoisotopic (exact) mass is 423 g/mol. The third-order valence-electron chi connectivity index (χ3n) is 4.45. The van der Waals surface area contributed by atoms with Crippen LogP contribution in [0.5, 0.6) is 5.75 Å². The second-order valence-electron chi connectivity index (χ2n) is 6.71. The summed E-state index contributed by atoms with van der Waals surface area (Å²) in [7, 11) is -3.95. The molecule has 2 aromatic carbocycles. The molecule has 0 fully saturated rings. The van der Waals surface area contributed by atoms with E-state index in [4.69, 9.17) is 21.1 Å². The lowest BCUT2D eigenvalue weighted by Gasteiger charge is -2.13. The minimum absolute atomic E-state index is 0.0513. The van der Waals surface area contributed by atoms with Gasteiger partial charge in [0.1, 0.15) is 23.3 Å². The maximum Gasteiger partial charge on any atom is 0.270 e. The van der Waals surface area contributed by atoms with Gasteiger partial charge in [-0.1, -0.05) is 44.2 Å². The first-order chi connectivity index (χ1) is 13.4. The standard InChI is InChI=1S/C20H22ClNO5S/c1-14(2)17-10-16(27-9-8-26-12-15-6-4-3-5-7-15)11-18-19(17)20(23)22(13-21)28(18,24)25/h3-7,10-11,14H,8-9,12-13H2,1-2H3. The molecule has 0 saturated carbocycles. The van der Waals surface area contributed by atoms with Crippen molar-refractivity contribution in [2.24, 2.45) is 0 Å². The van der Waals surface area contributed by atoms with Crippen LogP contribution in [0.2, 0.25) is 0 Å². The Morgan fingerprint density at radius 3 is 2.46 bits per heavy atom. The Hall–Kier alpha value is -2.09. The normalized spacial score (nSPS) is 15.1. The molecule has 8 heteroatoms. The van der Waals surface area contributed by atoms with Crippen LogP contribution in [-0.4, -0.2) is 37.8 Å². The molecule has 6 nitrogen and oxygen atoms in total. The number of ether oxygens (including phenoxy) is 2. The van der Waals surface area contributed by atoms with Crippen LogP contribution in [0.3, 0.4) is 0 Å². The summed E-state index contributed by atoms with van der Waals surface area (Å²) in [6.07, 6.45) is 0. The predicted molar refractivity (Wildman–Crippen MR) is 106 cm³/mol. The van der Waals surface area contributed by atoms with Gasteiger partial charge < -0.3 is 9.47 Å². The molecular weight excluding hydrogens is 402 g/mol. The maximum absolute atomic E-state index is 12.6. The number of hydrogen-bond acceptors (Lipinski definition) is 5. The summed E-state index contributed by atoms with van der Waals surface area (Å²) >= 11 is 5.70. The average molecular weight is 424 g/mol. The number of amides is 1. The highest BCUT2D eigenvalue weighted by Gasteiger charge is 2.43. The molecule has 3 rings (SSSR count). The molecule has 0 aromatic heterocycles. The number of hydrogen-bond donors (Lipinski definition) is 0. The van der Waals surface area contributed by atoms with Gasteiger partial charge >= 0.3 is 0 Å². The van der Waals surface area contributed by atoms with E-state index in [1.807, 2.05) is 44.2 Å². The van der Waals surface area contributed by atoms with E-state index >= 15 is 0 Å². The van der Waals surface area contributed by atoms with Gasteiger partial charge in [0.15, 0.2) is 0 Å². The van der Waals surface area contributed by atoms with Gasteiger partial charge in [0, 0.05) is 6.07 Å². The lowest BCUT2D eigenvalue weighted by molar-refractivity contribution is 0.0879. The van der Waals surface area contributed by atoms with E-state index in [1.165, 1.54) is 6.07 Å². The second-order valence-corrected chi connectivity index (χ2v) is 8.78. The molecule has 1 amide bonds. The molecule has 150 valence electrons. The number of nitrogens with zero attached hydrogens (tertiary/aromatic N) is 1. The molecule has 1 heterocycles. The Labute approximate surface area is 170 Å². The maximum atomic E-state index is 12.6. The number of alkyl halides is 1. The smallest absolute Gasteiger partial charge is 0.270 e. The van der Waals surface area contributed by atoms with Crippen molar-refractivity contribution in [3.8, 4) is 5.75 Å². The van der Waals surface area contributed by atoms with Crippen LogP contribution >= 0.6 is 11.6 Å². The van der Waals surface area contributed by atoms with Crippen LogP contribution in [0, 0.1) is 0 Å². The zero-order chi connectivity index (χ0) is 20.3. The van der Waals surface area contributed by atoms with E-state index in [0.717, 1.165) is 5.56 Å². The summed E-state index contributed by atoms with van der Waals surface area (Å²) in [6, 6.07) is 12.5. The Kier molecular flexibility index (Phi) is 6.27. The van der Waals surface area contributed by atoms with Crippen LogP contribution in [0.1, 0.15) is 41.3 Å². The van der Waals surface area contributed by atoms with E-state index in [9.17, 15) is 13.2 Å². The van der Waals surface area contributed by atoms with E-state index < -0.39 is 21.9 Å². The highest BCUT2D eigenvalue weighted by Crippen LogP contribution is 2.38. The quantitative estimate of drug-likeness (QED) is 0.367. The summed E-state index contributed by atoms with van der Waals surface area (Å²) in [5, 5.41) is 0. The van der Waals surface area contributed by atoms with E-state index in [-0.39, 0.29) is 23.0 Å². The fourth-order valence-electron chi connectivity index (χ4n) is 3.04. The lowest BCUT2D eigenvalue weighted by Crippen LogP contribution is -2.28. The van der Waals surface area contributed by atoms with E-state index in [1.54, 1.807) is 6.07 Å². The fourth-order valence-corrected chi connectivity index (χ4v) is 4.93. The molecule has 0 unspecified atom stereocenters. The molecule has 0 radical (unpaired) electrons. The predicted octanol–water partition coefficient (Wildman–Crippen LogP) is 3.75. The van der Waals surface area contributed by atoms with Gasteiger partial charge in [0.2, 0.25) is 0 Å². The largest absolute Gasteiger partial charge is 0.491 e. The third-order valence-corrected chi connectivity index (χ3v) is 6.59. The molecule has 0 N–H and O–H groups in total. The van der Waals surface area contributed by atoms with Crippen LogP contribution in [-0.2, 0) is 21.4 Å². The van der Waals surface area contributed by atoms with Crippen LogP contribution < -0.4 is 4.74 Å². The highest BCUT2D eigenvalue weighted by atomic mass is 35.5. The van der Waals surface area contributed by atoms with Crippen LogP contribution in [0.25, 0.3) is 0 Å². The number of sulfonamides is 1. The van der Waals surface area contributed by atoms with Gasteiger partial charge in [-0.15, -0.1) is 11.6 Å². The van der Waals surface area contributed by atoms with Gasteiger partial charge in [-0.2, -0.15) is 0 Å². The molecule has 28 heavy (non-hydrogen) atoms. The molecular formula is C20H22ClNO5S. The number of benzene rings is 2. The minimum atomic E-state index is -3.95. The van der Waals surface area contributed by atoms with Crippen molar-refractivity contribution in [2.45, 2.75) is 31.3 Å². The number of carbonyl (C=O) groups excluding carboxylic acids is 1. The molecule has 1 aliphatic heterocycles. The zero-order valence-electron chi connectivity index (χ0n) is 15.7. The van der Waals surface area contributed by atoms with Crippen molar-refractivity contribution in [1.29, 1.82) is 0 Å². The molecule has 0 spiro atoms. The van der Waals surface area contributed by atoms with Gasteiger partial charge in [-0.25, -0.2) is 12.7 Å². The lowest BCUT2D eigenvalue weighted by atomic mass is 9.96. The van der Waals surface area contributed by atoms with Crippen molar-refractivity contribution >= 4 is 27.5 Å². The summed E-state index contributed by atoms with van der Waals surface area (Å²) < 4.78 is 37.2. The minimum Gasteiger partial charge on any atom is -0.491 e. The number of carbonyl (C=O) groups is 1. The number of rotatable bonds is 8. The van der Waals surface area contributed by atoms with Crippen molar-refractivity contribution in [1.82, 2.24) is 4.31 Å². The molecule has 2 aromatic rings. The molecule has 0 atom stereocenters. The van der Waals surface area contributed by atoms with Gasteiger partial charge in [-0.05, 0) is 23.1 Å². The summed E-state index contributed by atoms with van der Waals surface area (Å²) in [4.78, 5) is 12.5. The summed E-state index contributed by atoms with van der Waals surface area (Å²) in [5.41, 5.74) is 1.87. The van der Waals surface area contributed by atoms with Crippen LogP contribution in [0.15, 0.2) is 47.4 Å². The van der Waals surface area contributed by atoms with E-state index in [2.05, 4.69) is 0 Å². The molecule has 0 bridgehead atoms. The topological polar surface area (TPSA) is 72.9 Å². The van der Waals surface area contributed by atoms with Gasteiger partial charge in [0.25, 0.3) is 15.9 Å². The molecule has 0 aliphatic carbocycles. The first kappa shape index (κ1) is 20.6. The Morgan fingerprint density at radius 2 is 1.82 bits per heavy atom. The van der Waals surface area contributed by atoms with Crippen molar-refractivity contribution < 1.29 is 22.7 Å². The zero-order valence-corrected chi connectivity index (χ0v) is 17.3. The highest BCUT2D eigenvalue weighted by molar-refractivity contribution is 7.90. The second kappa shape index (κ2) is 8.51. The Morgan fingerprint density at radius 1 is 1.11 bits per heavy atom. The Bertz CT molecular complexity index is 960. The third kappa shape index (κ3) is 4.01. The first-order valence-corrected chi connectivity index (χ1v) is 10.9. The van der Waals surface area contributed by atoms with E-state index in [0.29, 0.717) is 28.8 Å². The van der Waals surface area contributed by atoms with Crippen molar-refractivity contribution in [2.75, 3.05) is 19.2 Å². The SMILES string of the molecule is CC(C)c1cc(OCCOCc2ccccc2)cc2c1C(=O)N(CCl)S2(=O)=O. The molecule has 0 saturated heterocycles. The van der Waals surface area contributed by atoms with Gasteiger partial charge in [0.05, 0.1) is 18.8 Å². The van der Waals surface area contributed by atoms with Crippen molar-refractivity contribution in [3.63, 3.8) is 0 Å². The number of halogens is 1. The van der Waals surface area contributed by atoms with Crippen LogP contribution in [0.4, 0.5) is 0 Å². The van der Waals surface area contributed by atoms with Crippen molar-refractivity contribution in [3.05, 3.63) is 59.2 Å². The first-order valence-electron chi connectivity index (χ1n) is 8.91. The van der Waals surface area contributed by atoms with Gasteiger partial charge in [-0.3, -0.25) is 4.79 Å². The fraction of sp³-hybridized carbons (Fsp3) is 0.350. The number of fused-ring (bicyclic) bond motifs is 1.